The Kier molecular flexibility index (Phi) is 5.65. The van der Waals surface area contributed by atoms with Crippen LogP contribution in [0.3, 0.4) is 0 Å². The molecule has 5 nitrogen and oxygen atoms in total. The van der Waals surface area contributed by atoms with Gasteiger partial charge in [0.2, 0.25) is 11.8 Å². The molecule has 0 radical (unpaired) electrons. The lowest BCUT2D eigenvalue weighted by Crippen LogP contribution is -2.42. The zero-order chi connectivity index (χ0) is 17.9. The second-order valence-electron chi connectivity index (χ2n) is 7.72. The van der Waals surface area contributed by atoms with Crippen LogP contribution < -0.4 is 5.73 Å². The molecule has 2 amide bonds. The molecule has 5 heteroatoms. The van der Waals surface area contributed by atoms with Crippen molar-refractivity contribution in [2.45, 2.75) is 33.7 Å². The Morgan fingerprint density at radius 1 is 1.33 bits per heavy atom. The van der Waals surface area contributed by atoms with Gasteiger partial charge in [-0.2, -0.15) is 0 Å². The van der Waals surface area contributed by atoms with Gasteiger partial charge < -0.3 is 15.5 Å². The maximum absolute atomic E-state index is 12.6. The summed E-state index contributed by atoms with van der Waals surface area (Å²) in [5.74, 6) is -0.154. The maximum Gasteiger partial charge on any atom is 0.227 e. The molecule has 1 atom stereocenters. The number of nitrogens with zero attached hydrogens (tertiary/aromatic N) is 2. The number of benzene rings is 1. The number of aryl methyl sites for hydroxylation is 1. The van der Waals surface area contributed by atoms with Gasteiger partial charge in [0.25, 0.3) is 0 Å². The molecule has 1 aliphatic rings. The van der Waals surface area contributed by atoms with Crippen LogP contribution in [0.25, 0.3) is 0 Å². The molecule has 0 saturated carbocycles. The van der Waals surface area contributed by atoms with Gasteiger partial charge in [0.15, 0.2) is 0 Å². The lowest BCUT2D eigenvalue weighted by atomic mass is 9.92. The predicted octanol–water partition coefficient (Wildman–Crippen LogP) is 1.79. The molecule has 1 heterocycles. The molecule has 1 aliphatic heterocycles. The summed E-state index contributed by atoms with van der Waals surface area (Å²) in [7, 11) is 1.80. The van der Waals surface area contributed by atoms with Crippen molar-refractivity contribution in [3.8, 4) is 0 Å². The van der Waals surface area contributed by atoms with Crippen LogP contribution in [0, 0.1) is 18.3 Å². The fourth-order valence-corrected chi connectivity index (χ4v) is 3.10. The van der Waals surface area contributed by atoms with Crippen molar-refractivity contribution >= 4 is 11.8 Å². The summed E-state index contributed by atoms with van der Waals surface area (Å²) in [5, 5.41) is 0. The first-order chi connectivity index (χ1) is 11.2. The highest BCUT2D eigenvalue weighted by Gasteiger charge is 2.36. The van der Waals surface area contributed by atoms with E-state index in [2.05, 4.69) is 0 Å². The molecule has 2 rings (SSSR count). The second-order valence-corrected chi connectivity index (χ2v) is 7.72. The van der Waals surface area contributed by atoms with Gasteiger partial charge in [0, 0.05) is 33.1 Å². The van der Waals surface area contributed by atoms with Gasteiger partial charge in [-0.25, -0.2) is 0 Å². The first kappa shape index (κ1) is 18.5. The Bertz CT molecular complexity index is 595. The highest BCUT2D eigenvalue weighted by Crippen LogP contribution is 2.23. The van der Waals surface area contributed by atoms with Crippen molar-refractivity contribution in [1.82, 2.24) is 9.80 Å². The van der Waals surface area contributed by atoms with E-state index >= 15 is 0 Å². The zero-order valence-electron chi connectivity index (χ0n) is 15.2. The van der Waals surface area contributed by atoms with Gasteiger partial charge in [-0.15, -0.1) is 0 Å². The molecule has 1 saturated heterocycles. The van der Waals surface area contributed by atoms with E-state index in [9.17, 15) is 9.59 Å². The van der Waals surface area contributed by atoms with Crippen LogP contribution in [-0.4, -0.2) is 48.3 Å². The molecule has 1 fully saturated rings. The highest BCUT2D eigenvalue weighted by molar-refractivity contribution is 5.89. The zero-order valence-corrected chi connectivity index (χ0v) is 15.2. The molecule has 1 aromatic carbocycles. The van der Waals surface area contributed by atoms with Crippen molar-refractivity contribution < 1.29 is 9.59 Å². The molecule has 2 N–H and O–H groups in total. The molecular formula is C19H29N3O2. The molecule has 0 bridgehead atoms. The van der Waals surface area contributed by atoms with E-state index < -0.39 is 0 Å². The van der Waals surface area contributed by atoms with Crippen LogP contribution in [0.1, 0.15) is 31.4 Å². The lowest BCUT2D eigenvalue weighted by Gasteiger charge is -2.30. The third kappa shape index (κ3) is 4.57. The Morgan fingerprint density at radius 2 is 1.96 bits per heavy atom. The lowest BCUT2D eigenvalue weighted by molar-refractivity contribution is -0.135. The minimum Gasteiger partial charge on any atom is -0.345 e. The smallest absolute Gasteiger partial charge is 0.227 e. The molecule has 0 aromatic heterocycles. The van der Waals surface area contributed by atoms with Crippen molar-refractivity contribution in [3.63, 3.8) is 0 Å². The van der Waals surface area contributed by atoms with Crippen molar-refractivity contribution in [3.05, 3.63) is 35.4 Å². The number of carbonyl (C=O) groups excluding carboxylic acids is 2. The predicted molar refractivity (Wildman–Crippen MR) is 95.2 cm³/mol. The number of hydrogen-bond donors (Lipinski definition) is 1. The molecule has 132 valence electrons. The summed E-state index contributed by atoms with van der Waals surface area (Å²) in [6, 6.07) is 8.16. The molecule has 1 aromatic rings. The van der Waals surface area contributed by atoms with Crippen molar-refractivity contribution in [2.24, 2.45) is 17.1 Å². The fraction of sp³-hybridized carbons (Fsp3) is 0.579. The van der Waals surface area contributed by atoms with E-state index in [-0.39, 0.29) is 23.1 Å². The summed E-state index contributed by atoms with van der Waals surface area (Å²) in [4.78, 5) is 28.4. The topological polar surface area (TPSA) is 66.6 Å². The SMILES string of the molecule is Cc1ccc(CN2CC(C(=O)N(C)CC(C)(C)CN)CC2=O)cc1. The Morgan fingerprint density at radius 3 is 2.54 bits per heavy atom. The standard InChI is InChI=1S/C19H29N3O2/c1-14-5-7-15(8-6-14)10-22-11-16(9-17(22)23)18(24)21(4)13-19(2,3)12-20/h5-8,16H,9-13,20H2,1-4H3. The third-order valence-electron chi connectivity index (χ3n) is 4.65. The van der Waals surface area contributed by atoms with Gasteiger partial charge in [0.1, 0.15) is 0 Å². The number of rotatable bonds is 6. The normalized spacial score (nSPS) is 18.1. The molecule has 1 unspecified atom stereocenters. The van der Waals surface area contributed by atoms with Gasteiger partial charge in [-0.05, 0) is 24.4 Å². The van der Waals surface area contributed by atoms with Crippen LogP contribution in [0.5, 0.6) is 0 Å². The first-order valence-electron chi connectivity index (χ1n) is 8.50. The van der Waals surface area contributed by atoms with Crippen LogP contribution in [0.2, 0.25) is 0 Å². The minimum atomic E-state index is -0.249. The summed E-state index contributed by atoms with van der Waals surface area (Å²) in [6.07, 6.45) is 0.304. The average molecular weight is 331 g/mol. The molecule has 0 spiro atoms. The number of amides is 2. The minimum absolute atomic E-state index is 0.0382. The number of hydrogen-bond acceptors (Lipinski definition) is 3. The monoisotopic (exact) mass is 331 g/mol. The maximum atomic E-state index is 12.6. The van der Waals surface area contributed by atoms with Gasteiger partial charge in [0.05, 0.1) is 5.92 Å². The van der Waals surface area contributed by atoms with Gasteiger partial charge >= 0.3 is 0 Å². The Balaban J connectivity index is 1.95. The van der Waals surface area contributed by atoms with E-state index in [1.54, 1.807) is 16.8 Å². The van der Waals surface area contributed by atoms with Crippen molar-refractivity contribution in [2.75, 3.05) is 26.7 Å². The summed E-state index contributed by atoms with van der Waals surface area (Å²) >= 11 is 0. The van der Waals surface area contributed by atoms with Crippen LogP contribution >= 0.6 is 0 Å². The molecule has 24 heavy (non-hydrogen) atoms. The third-order valence-corrected chi connectivity index (χ3v) is 4.65. The Hall–Kier alpha value is -1.88. The quantitative estimate of drug-likeness (QED) is 0.864. The van der Waals surface area contributed by atoms with E-state index in [0.717, 1.165) is 5.56 Å². The number of likely N-dealkylation sites (tertiary alicyclic amines) is 1. The van der Waals surface area contributed by atoms with E-state index in [4.69, 9.17) is 5.73 Å². The number of carbonyl (C=O) groups is 2. The van der Waals surface area contributed by atoms with Crippen LogP contribution in [0.4, 0.5) is 0 Å². The van der Waals surface area contributed by atoms with E-state index in [1.807, 2.05) is 45.0 Å². The number of nitrogens with two attached hydrogens (primary N) is 1. The Labute approximate surface area is 144 Å². The highest BCUT2D eigenvalue weighted by atomic mass is 16.2. The van der Waals surface area contributed by atoms with Gasteiger partial charge in [-0.1, -0.05) is 43.7 Å². The molecular weight excluding hydrogens is 302 g/mol. The average Bonchev–Trinajstić information content (AvgIpc) is 2.89. The van der Waals surface area contributed by atoms with E-state index in [0.29, 0.717) is 32.6 Å². The largest absolute Gasteiger partial charge is 0.345 e. The summed E-state index contributed by atoms with van der Waals surface area (Å²) in [5.41, 5.74) is 7.93. The van der Waals surface area contributed by atoms with Gasteiger partial charge in [-0.3, -0.25) is 9.59 Å². The summed E-state index contributed by atoms with van der Waals surface area (Å²) < 4.78 is 0. The molecule has 0 aliphatic carbocycles. The van der Waals surface area contributed by atoms with Crippen molar-refractivity contribution in [1.29, 1.82) is 0 Å². The fourth-order valence-electron chi connectivity index (χ4n) is 3.10. The summed E-state index contributed by atoms with van der Waals surface area (Å²) in [6.45, 7) is 8.32. The second kappa shape index (κ2) is 7.34. The van der Waals surface area contributed by atoms with E-state index in [1.165, 1.54) is 5.56 Å². The van der Waals surface area contributed by atoms with Crippen LogP contribution in [0.15, 0.2) is 24.3 Å². The first-order valence-corrected chi connectivity index (χ1v) is 8.50. The van der Waals surface area contributed by atoms with Crippen LogP contribution in [-0.2, 0) is 16.1 Å².